The van der Waals surface area contributed by atoms with Crippen molar-refractivity contribution in [2.24, 2.45) is 0 Å². The minimum atomic E-state index is -4.42. The molecule has 0 aromatic heterocycles. The van der Waals surface area contributed by atoms with E-state index in [1.807, 2.05) is 4.72 Å². The van der Waals surface area contributed by atoms with E-state index in [0.29, 0.717) is 12.1 Å². The zero-order chi connectivity index (χ0) is 16.5. The van der Waals surface area contributed by atoms with Crippen molar-refractivity contribution in [1.29, 1.82) is 0 Å². The lowest BCUT2D eigenvalue weighted by Crippen LogP contribution is -2.25. The van der Waals surface area contributed by atoms with Gasteiger partial charge in [0.1, 0.15) is 28.2 Å². The average molecular weight is 354 g/mol. The van der Waals surface area contributed by atoms with E-state index in [-0.39, 0.29) is 5.02 Å². The fraction of sp³-hybridized carbons (Fsp3) is 0.0769. The molecule has 0 aliphatic heterocycles. The van der Waals surface area contributed by atoms with Crippen LogP contribution in [-0.4, -0.2) is 8.42 Å². The zero-order valence-electron chi connectivity index (χ0n) is 10.7. The molecule has 2 aromatic carbocycles. The number of nitrogens with one attached hydrogen (secondary N) is 1. The average Bonchev–Trinajstić information content (AvgIpc) is 2.42. The molecule has 1 N–H and O–H groups in total. The molecule has 0 amide bonds. The third-order valence-electron chi connectivity index (χ3n) is 2.76. The number of hydrogen-bond donors (Lipinski definition) is 1. The largest absolute Gasteiger partial charge is 0.243 e. The first kappa shape index (κ1) is 16.7. The third kappa shape index (κ3) is 3.40. The molecule has 2 aromatic rings. The summed E-state index contributed by atoms with van der Waals surface area (Å²) in [5.74, 6) is -4.41. The van der Waals surface area contributed by atoms with Gasteiger partial charge in [-0.2, -0.15) is 0 Å². The van der Waals surface area contributed by atoms with E-state index >= 15 is 0 Å². The second-order valence-electron chi connectivity index (χ2n) is 4.22. The first-order valence-electron chi connectivity index (χ1n) is 5.79. The van der Waals surface area contributed by atoms with Crippen LogP contribution in [0.1, 0.15) is 5.56 Å². The highest BCUT2D eigenvalue weighted by atomic mass is 35.5. The molecule has 0 aliphatic rings. The van der Waals surface area contributed by atoms with E-state index in [4.69, 9.17) is 11.6 Å². The van der Waals surface area contributed by atoms with Crippen molar-refractivity contribution >= 4 is 21.6 Å². The van der Waals surface area contributed by atoms with Gasteiger partial charge in [0.05, 0.1) is 5.02 Å². The Morgan fingerprint density at radius 1 is 1.00 bits per heavy atom. The lowest BCUT2D eigenvalue weighted by atomic mass is 10.2. The molecule has 0 saturated carbocycles. The summed E-state index contributed by atoms with van der Waals surface area (Å²) in [5, 5.41) is -0.386. The van der Waals surface area contributed by atoms with Crippen molar-refractivity contribution < 1.29 is 26.0 Å². The number of rotatable bonds is 4. The van der Waals surface area contributed by atoms with Gasteiger partial charge in [0, 0.05) is 18.2 Å². The van der Waals surface area contributed by atoms with E-state index < -0.39 is 50.3 Å². The molecule has 0 radical (unpaired) electrons. The van der Waals surface area contributed by atoms with Gasteiger partial charge in [0.25, 0.3) is 0 Å². The summed E-state index contributed by atoms with van der Waals surface area (Å²) in [6, 6.07) is 3.68. The molecular formula is C13H8ClF4NO2S. The van der Waals surface area contributed by atoms with E-state index in [0.717, 1.165) is 18.2 Å². The predicted octanol–water partition coefficient (Wildman–Crippen LogP) is 3.37. The van der Waals surface area contributed by atoms with Crippen molar-refractivity contribution in [1.82, 2.24) is 4.72 Å². The van der Waals surface area contributed by atoms with Gasteiger partial charge < -0.3 is 0 Å². The summed E-state index contributed by atoms with van der Waals surface area (Å²) in [6.45, 7) is -0.780. The molecular weight excluding hydrogens is 346 g/mol. The molecule has 0 aliphatic carbocycles. The molecule has 2 rings (SSSR count). The van der Waals surface area contributed by atoms with Crippen molar-refractivity contribution in [3.63, 3.8) is 0 Å². The van der Waals surface area contributed by atoms with Crippen LogP contribution in [0.4, 0.5) is 17.6 Å². The predicted molar refractivity (Wildman–Crippen MR) is 71.8 cm³/mol. The molecule has 0 bridgehead atoms. The third-order valence-corrected chi connectivity index (χ3v) is 4.49. The van der Waals surface area contributed by atoms with Crippen LogP contribution in [0.15, 0.2) is 35.2 Å². The summed E-state index contributed by atoms with van der Waals surface area (Å²) in [5.41, 5.74) is -0.612. The lowest BCUT2D eigenvalue weighted by molar-refractivity contribution is 0.534. The van der Waals surface area contributed by atoms with Gasteiger partial charge in [0.15, 0.2) is 0 Å². The van der Waals surface area contributed by atoms with E-state index in [2.05, 4.69) is 0 Å². The minimum absolute atomic E-state index is 0.384. The highest BCUT2D eigenvalue weighted by Gasteiger charge is 2.21. The number of benzene rings is 2. The maximum atomic E-state index is 13.6. The Hall–Kier alpha value is -1.64. The first-order valence-corrected chi connectivity index (χ1v) is 7.65. The summed E-state index contributed by atoms with van der Waals surface area (Å²) in [7, 11) is -4.42. The van der Waals surface area contributed by atoms with Gasteiger partial charge in [-0.3, -0.25) is 0 Å². The molecule has 0 fully saturated rings. The van der Waals surface area contributed by atoms with Crippen LogP contribution in [0.5, 0.6) is 0 Å². The lowest BCUT2D eigenvalue weighted by Gasteiger charge is -2.10. The second-order valence-corrected chi connectivity index (χ2v) is 6.36. The van der Waals surface area contributed by atoms with Gasteiger partial charge in [-0.1, -0.05) is 11.6 Å². The highest BCUT2D eigenvalue weighted by molar-refractivity contribution is 7.89. The van der Waals surface area contributed by atoms with Gasteiger partial charge in [-0.15, -0.1) is 0 Å². The van der Waals surface area contributed by atoms with Crippen LogP contribution in [-0.2, 0) is 16.6 Å². The van der Waals surface area contributed by atoms with Crippen LogP contribution in [0.25, 0.3) is 0 Å². The smallest absolute Gasteiger partial charge is 0.207 e. The molecule has 0 spiro atoms. The summed E-state index contributed by atoms with van der Waals surface area (Å²) < 4.78 is 79.0. The quantitative estimate of drug-likeness (QED) is 0.676. The van der Waals surface area contributed by atoms with Crippen LogP contribution in [0.2, 0.25) is 5.02 Å². The molecule has 0 heterocycles. The summed E-state index contributed by atoms with van der Waals surface area (Å²) >= 11 is 5.47. The maximum Gasteiger partial charge on any atom is 0.243 e. The molecule has 3 nitrogen and oxygen atoms in total. The van der Waals surface area contributed by atoms with Crippen molar-refractivity contribution in [2.45, 2.75) is 11.4 Å². The first-order chi connectivity index (χ1) is 10.2. The van der Waals surface area contributed by atoms with Gasteiger partial charge in [-0.25, -0.2) is 30.7 Å². The number of hydrogen-bond acceptors (Lipinski definition) is 2. The zero-order valence-corrected chi connectivity index (χ0v) is 12.3. The highest BCUT2D eigenvalue weighted by Crippen LogP contribution is 2.22. The Morgan fingerprint density at radius 3 is 2.32 bits per heavy atom. The molecule has 22 heavy (non-hydrogen) atoms. The Morgan fingerprint density at radius 2 is 1.68 bits per heavy atom. The molecule has 0 saturated heterocycles. The van der Waals surface area contributed by atoms with Crippen LogP contribution in [0.3, 0.4) is 0 Å². The van der Waals surface area contributed by atoms with Crippen molar-refractivity contribution in [3.05, 3.63) is 64.2 Å². The van der Waals surface area contributed by atoms with Crippen molar-refractivity contribution in [3.8, 4) is 0 Å². The van der Waals surface area contributed by atoms with Gasteiger partial charge in [-0.05, 0) is 24.3 Å². The normalized spacial score (nSPS) is 11.7. The minimum Gasteiger partial charge on any atom is -0.207 e. The van der Waals surface area contributed by atoms with Gasteiger partial charge in [0.2, 0.25) is 10.0 Å². The molecule has 9 heteroatoms. The van der Waals surface area contributed by atoms with Crippen LogP contribution in [0, 0.1) is 23.3 Å². The number of sulfonamides is 1. The fourth-order valence-electron chi connectivity index (χ4n) is 1.67. The maximum absolute atomic E-state index is 13.6. The fourth-order valence-corrected chi connectivity index (χ4v) is 2.90. The number of halogens is 5. The Bertz CT molecular complexity index is 827. The summed E-state index contributed by atoms with van der Waals surface area (Å²) in [4.78, 5) is -0.836. The second kappa shape index (κ2) is 6.23. The topological polar surface area (TPSA) is 46.2 Å². The van der Waals surface area contributed by atoms with E-state index in [9.17, 15) is 26.0 Å². The van der Waals surface area contributed by atoms with Crippen LogP contribution < -0.4 is 4.72 Å². The molecule has 0 atom stereocenters. The summed E-state index contributed by atoms with van der Waals surface area (Å²) in [6.07, 6.45) is 0. The Labute approximate surface area is 128 Å². The Balaban J connectivity index is 2.29. The van der Waals surface area contributed by atoms with Gasteiger partial charge >= 0.3 is 0 Å². The van der Waals surface area contributed by atoms with Crippen LogP contribution >= 0.6 is 11.6 Å². The van der Waals surface area contributed by atoms with E-state index in [1.165, 1.54) is 0 Å². The van der Waals surface area contributed by atoms with Crippen molar-refractivity contribution in [2.75, 3.05) is 0 Å². The SMILES string of the molecule is O=S(=O)(NCc1c(F)ccc(Cl)c1F)c1ccc(F)cc1F. The molecule has 118 valence electrons. The van der Waals surface area contributed by atoms with E-state index in [1.54, 1.807) is 0 Å². The monoisotopic (exact) mass is 353 g/mol. The molecule has 0 unspecified atom stereocenters. The standard InChI is InChI=1S/C13H8ClF4NO2S/c14-9-2-3-10(16)8(13(9)18)6-19-22(20,21)12-4-1-7(15)5-11(12)17/h1-5,19H,6H2. The Kier molecular flexibility index (Phi) is 4.74.